The molecule has 4 aromatic rings. The zero-order valence-corrected chi connectivity index (χ0v) is 17.6. The Balaban J connectivity index is 1.98. The average molecular weight is 471 g/mol. The van der Waals surface area contributed by atoms with E-state index in [2.05, 4.69) is 10.3 Å². The molecule has 0 radical (unpaired) electrons. The molecule has 4 rings (SSSR count). The summed E-state index contributed by atoms with van der Waals surface area (Å²) in [5.74, 6) is -2.05. The number of aromatic hydroxyl groups is 5. The van der Waals surface area contributed by atoms with Crippen molar-refractivity contribution in [2.24, 2.45) is 4.99 Å². The standard InChI is InChI=1S/C22H15ClN2O6S/c23-13-3-1-2-4-14(13)24-22(32)25-19-18-16(29)8-11(27)9-17(18)31-21(20(19)30)12-6-5-10(26)7-15(12)28/h1-9,26-30H,(H,24,32)/b25-19+. The van der Waals surface area contributed by atoms with Gasteiger partial charge in [-0.1, -0.05) is 23.7 Å². The minimum absolute atomic E-state index is 0.0226. The highest BCUT2D eigenvalue weighted by atomic mass is 35.5. The van der Waals surface area contributed by atoms with Gasteiger partial charge in [0.05, 0.1) is 21.7 Å². The lowest BCUT2D eigenvalue weighted by atomic mass is 10.1. The van der Waals surface area contributed by atoms with Gasteiger partial charge in [-0.05, 0) is 36.5 Å². The third-order valence-corrected chi connectivity index (χ3v) is 5.03. The summed E-state index contributed by atoms with van der Waals surface area (Å²) in [5, 5.41) is 54.0. The van der Waals surface area contributed by atoms with Crippen LogP contribution in [0.3, 0.4) is 0 Å². The topological polar surface area (TPSA) is 139 Å². The molecule has 0 unspecified atom stereocenters. The van der Waals surface area contributed by atoms with Gasteiger partial charge in [-0.3, -0.25) is 0 Å². The van der Waals surface area contributed by atoms with Crippen molar-refractivity contribution in [1.82, 2.24) is 0 Å². The van der Waals surface area contributed by atoms with Crippen LogP contribution in [0.15, 0.2) is 64.0 Å². The second kappa shape index (κ2) is 8.29. The van der Waals surface area contributed by atoms with Crippen molar-refractivity contribution in [3.63, 3.8) is 0 Å². The number of fused-ring (bicyclic) bond motifs is 1. The third-order valence-electron chi connectivity index (χ3n) is 4.51. The first-order valence-electron chi connectivity index (χ1n) is 9.09. The van der Waals surface area contributed by atoms with Crippen LogP contribution in [-0.4, -0.2) is 30.6 Å². The van der Waals surface area contributed by atoms with Gasteiger partial charge in [0, 0.05) is 18.2 Å². The van der Waals surface area contributed by atoms with Gasteiger partial charge in [-0.15, -0.1) is 0 Å². The summed E-state index contributed by atoms with van der Waals surface area (Å²) in [4.78, 5) is 4.23. The highest BCUT2D eigenvalue weighted by Gasteiger charge is 2.20. The number of anilines is 1. The number of nitrogens with zero attached hydrogens (tertiary/aromatic N) is 1. The van der Waals surface area contributed by atoms with Crippen LogP contribution in [0.2, 0.25) is 5.02 Å². The maximum atomic E-state index is 10.9. The van der Waals surface area contributed by atoms with E-state index in [4.69, 9.17) is 28.2 Å². The first-order chi connectivity index (χ1) is 15.2. The number of phenolic OH excluding ortho intramolecular Hbond substituents is 4. The molecule has 0 spiro atoms. The summed E-state index contributed by atoms with van der Waals surface area (Å²) in [5.41, 5.74) is 0.471. The second-order valence-electron chi connectivity index (χ2n) is 6.69. The van der Waals surface area contributed by atoms with Gasteiger partial charge < -0.3 is 35.3 Å². The van der Waals surface area contributed by atoms with Crippen molar-refractivity contribution < 1.29 is 29.9 Å². The number of phenols is 4. The Morgan fingerprint density at radius 1 is 0.906 bits per heavy atom. The molecule has 0 saturated heterocycles. The molecule has 0 aliphatic carbocycles. The van der Waals surface area contributed by atoms with Crippen LogP contribution in [0.25, 0.3) is 22.3 Å². The molecule has 3 aromatic carbocycles. The number of benzene rings is 3. The number of rotatable bonds is 2. The first kappa shape index (κ1) is 21.3. The fourth-order valence-corrected chi connectivity index (χ4v) is 3.48. The first-order valence-corrected chi connectivity index (χ1v) is 9.87. The van der Waals surface area contributed by atoms with E-state index in [-0.39, 0.29) is 50.0 Å². The van der Waals surface area contributed by atoms with Gasteiger partial charge in [0.1, 0.15) is 33.9 Å². The van der Waals surface area contributed by atoms with Gasteiger partial charge in [0.2, 0.25) is 0 Å². The van der Waals surface area contributed by atoms with Gasteiger partial charge in [-0.25, -0.2) is 4.99 Å². The molecular formula is C22H15ClN2O6S. The molecule has 6 N–H and O–H groups in total. The van der Waals surface area contributed by atoms with Crippen molar-refractivity contribution in [2.45, 2.75) is 0 Å². The fraction of sp³-hybridized carbons (Fsp3) is 0. The van der Waals surface area contributed by atoms with Gasteiger partial charge in [0.15, 0.2) is 16.6 Å². The molecule has 32 heavy (non-hydrogen) atoms. The van der Waals surface area contributed by atoms with Crippen molar-refractivity contribution in [3.05, 3.63) is 65.0 Å². The molecule has 0 atom stereocenters. The van der Waals surface area contributed by atoms with Gasteiger partial charge in [-0.2, -0.15) is 0 Å². The zero-order chi connectivity index (χ0) is 23.0. The van der Waals surface area contributed by atoms with Crippen LogP contribution < -0.4 is 10.7 Å². The Morgan fingerprint density at radius 2 is 1.62 bits per heavy atom. The predicted octanol–water partition coefficient (Wildman–Crippen LogP) is 4.58. The molecule has 0 bridgehead atoms. The smallest absolute Gasteiger partial charge is 0.197 e. The summed E-state index contributed by atoms with van der Waals surface area (Å²) in [6.45, 7) is 0. The Hall–Kier alpha value is -3.95. The van der Waals surface area contributed by atoms with Crippen molar-refractivity contribution in [3.8, 4) is 40.1 Å². The molecule has 0 aliphatic heterocycles. The zero-order valence-electron chi connectivity index (χ0n) is 16.1. The molecule has 0 aliphatic rings. The van der Waals surface area contributed by atoms with Gasteiger partial charge in [0.25, 0.3) is 0 Å². The largest absolute Gasteiger partial charge is 0.508 e. The lowest BCUT2D eigenvalue weighted by Gasteiger charge is -2.11. The maximum Gasteiger partial charge on any atom is 0.197 e. The lowest BCUT2D eigenvalue weighted by Crippen LogP contribution is -2.14. The summed E-state index contributed by atoms with van der Waals surface area (Å²) in [6, 6.07) is 12.7. The molecule has 0 amide bonds. The minimum atomic E-state index is -0.539. The molecular weight excluding hydrogens is 456 g/mol. The second-order valence-corrected chi connectivity index (χ2v) is 7.48. The molecule has 10 heteroatoms. The van der Waals surface area contributed by atoms with Crippen LogP contribution in [0.1, 0.15) is 0 Å². The fourth-order valence-electron chi connectivity index (χ4n) is 3.10. The van der Waals surface area contributed by atoms with E-state index in [9.17, 15) is 25.5 Å². The summed E-state index contributed by atoms with van der Waals surface area (Å²) in [7, 11) is 0. The number of hydrogen-bond acceptors (Lipinski definition) is 7. The Labute approximate surface area is 190 Å². The minimum Gasteiger partial charge on any atom is -0.508 e. The van der Waals surface area contributed by atoms with Crippen LogP contribution in [0, 0.1) is 0 Å². The van der Waals surface area contributed by atoms with Crippen LogP contribution in [0.5, 0.6) is 28.7 Å². The normalized spacial score (nSPS) is 11.6. The van der Waals surface area contributed by atoms with E-state index in [0.29, 0.717) is 10.7 Å². The molecule has 1 heterocycles. The SMILES string of the molecule is Oc1ccc(-c2oc3cc(O)cc(O)c3/c(=N\C(=S)Nc3ccccc3Cl)c2O)c(O)c1. The Morgan fingerprint density at radius 3 is 2.34 bits per heavy atom. The number of hydrogen-bond donors (Lipinski definition) is 6. The van der Waals surface area contributed by atoms with Crippen molar-refractivity contribution >= 4 is 45.6 Å². The van der Waals surface area contributed by atoms with E-state index in [1.165, 1.54) is 18.2 Å². The van der Waals surface area contributed by atoms with E-state index < -0.39 is 11.5 Å². The lowest BCUT2D eigenvalue weighted by molar-refractivity contribution is 0.432. The molecule has 8 nitrogen and oxygen atoms in total. The number of nitrogens with one attached hydrogen (secondary N) is 1. The van der Waals surface area contributed by atoms with Crippen LogP contribution in [0.4, 0.5) is 5.69 Å². The third kappa shape index (κ3) is 3.98. The van der Waals surface area contributed by atoms with E-state index >= 15 is 0 Å². The highest BCUT2D eigenvalue weighted by molar-refractivity contribution is 7.80. The molecule has 0 saturated carbocycles. The number of thiocarbonyl (C=S) groups is 1. The molecule has 1 aromatic heterocycles. The van der Waals surface area contributed by atoms with Crippen molar-refractivity contribution in [1.29, 1.82) is 0 Å². The maximum absolute atomic E-state index is 10.9. The Bertz CT molecular complexity index is 1450. The summed E-state index contributed by atoms with van der Waals surface area (Å²) < 4.78 is 5.66. The Kier molecular flexibility index (Phi) is 5.52. The highest BCUT2D eigenvalue weighted by Crippen LogP contribution is 2.39. The number of para-hydroxylation sites is 1. The molecule has 162 valence electrons. The number of halogens is 1. The predicted molar refractivity (Wildman–Crippen MR) is 123 cm³/mol. The van der Waals surface area contributed by atoms with E-state index in [1.807, 2.05) is 0 Å². The molecule has 0 fully saturated rings. The average Bonchev–Trinajstić information content (AvgIpc) is 2.71. The quantitative estimate of drug-likeness (QED) is 0.234. The van der Waals surface area contributed by atoms with Crippen LogP contribution >= 0.6 is 23.8 Å². The summed E-state index contributed by atoms with van der Waals surface area (Å²) >= 11 is 11.4. The van der Waals surface area contributed by atoms with Crippen LogP contribution in [-0.2, 0) is 0 Å². The monoisotopic (exact) mass is 470 g/mol. The van der Waals surface area contributed by atoms with E-state index in [1.54, 1.807) is 24.3 Å². The summed E-state index contributed by atoms with van der Waals surface area (Å²) in [6.07, 6.45) is 0. The van der Waals surface area contributed by atoms with Crippen molar-refractivity contribution in [2.75, 3.05) is 5.32 Å². The van der Waals surface area contributed by atoms with Gasteiger partial charge >= 0.3 is 0 Å². The van der Waals surface area contributed by atoms with E-state index in [0.717, 1.165) is 12.1 Å².